The molecule has 1 aliphatic heterocycles. The molecule has 3 atom stereocenters. The number of likely N-dealkylation sites (tertiary alicyclic amines) is 1. The first-order valence-electron chi connectivity index (χ1n) is 11.1. The molecule has 1 aliphatic carbocycles. The molecule has 11 nitrogen and oxygen atoms in total. The van der Waals surface area contributed by atoms with Gasteiger partial charge in [0.25, 0.3) is 11.6 Å². The lowest BCUT2D eigenvalue weighted by atomic mass is 9.97. The molecule has 3 amide bonds. The second-order valence-corrected chi connectivity index (χ2v) is 9.24. The first-order valence-corrected chi connectivity index (χ1v) is 11.4. The van der Waals surface area contributed by atoms with Crippen LogP contribution in [0.4, 0.5) is 11.4 Å². The molecule has 1 aromatic heterocycles. The van der Waals surface area contributed by atoms with Gasteiger partial charge < -0.3 is 16.0 Å². The van der Waals surface area contributed by atoms with Gasteiger partial charge in [-0.05, 0) is 49.4 Å². The molecule has 3 N–H and O–H groups in total. The predicted octanol–water partition coefficient (Wildman–Crippen LogP) is 2.72. The maximum Gasteiger partial charge on any atom is 0.270 e. The zero-order valence-corrected chi connectivity index (χ0v) is 19.1. The molecule has 2 aliphatic rings. The van der Waals surface area contributed by atoms with Crippen molar-refractivity contribution >= 4 is 51.6 Å². The highest BCUT2D eigenvalue weighted by Gasteiger charge is 2.51. The summed E-state index contributed by atoms with van der Waals surface area (Å²) in [6.45, 7) is -0.244. The van der Waals surface area contributed by atoms with E-state index in [-0.39, 0.29) is 47.1 Å². The van der Waals surface area contributed by atoms with E-state index in [1.54, 1.807) is 29.2 Å². The molecule has 0 spiro atoms. The molecule has 2 aromatic carbocycles. The van der Waals surface area contributed by atoms with Crippen molar-refractivity contribution < 1.29 is 19.3 Å². The van der Waals surface area contributed by atoms with Crippen molar-refractivity contribution in [2.24, 2.45) is 11.7 Å². The third kappa shape index (κ3) is 4.08. The van der Waals surface area contributed by atoms with E-state index in [0.717, 1.165) is 19.3 Å². The molecular formula is C23H21ClN6O5. The number of nitrogens with one attached hydrogen (secondary N) is 1. The van der Waals surface area contributed by atoms with Crippen LogP contribution in [0.5, 0.6) is 0 Å². The van der Waals surface area contributed by atoms with Gasteiger partial charge in [-0.15, -0.1) is 0 Å². The highest BCUT2D eigenvalue weighted by Crippen LogP contribution is 2.43. The van der Waals surface area contributed by atoms with Crippen LogP contribution in [0.2, 0.25) is 5.02 Å². The molecule has 5 rings (SSSR count). The summed E-state index contributed by atoms with van der Waals surface area (Å²) in [6.07, 6.45) is 2.39. The topological polar surface area (TPSA) is 153 Å². The lowest BCUT2D eigenvalue weighted by Gasteiger charge is -2.34. The van der Waals surface area contributed by atoms with Crippen molar-refractivity contribution in [1.29, 1.82) is 0 Å². The van der Waals surface area contributed by atoms with Crippen molar-refractivity contribution in [3.8, 4) is 0 Å². The van der Waals surface area contributed by atoms with Gasteiger partial charge in [-0.25, -0.2) is 0 Å². The molecule has 35 heavy (non-hydrogen) atoms. The van der Waals surface area contributed by atoms with Crippen molar-refractivity contribution in [3.05, 3.63) is 63.3 Å². The standard InChI is InChI=1S/C23H21ClN6O5/c24-13-2-1-3-14(9-13)26-23(33)21-12-4-5-15(8-12)29(21)19(31)11-28-18-7-6-16(30(34)35)10-17(18)20(27-28)22(25)32/h1-3,6-7,9-10,12,15,21H,4-5,8,11H2,(H2,25,32)(H,26,33)/t12-,15+,21-/m0/s1. The fourth-order valence-corrected chi connectivity index (χ4v) is 5.45. The predicted molar refractivity (Wildman–Crippen MR) is 127 cm³/mol. The fourth-order valence-electron chi connectivity index (χ4n) is 5.26. The van der Waals surface area contributed by atoms with Gasteiger partial charge >= 0.3 is 0 Å². The maximum atomic E-state index is 13.5. The zero-order chi connectivity index (χ0) is 24.9. The minimum absolute atomic E-state index is 0.0429. The van der Waals surface area contributed by atoms with Gasteiger partial charge in [0.2, 0.25) is 11.8 Å². The van der Waals surface area contributed by atoms with Crippen molar-refractivity contribution in [1.82, 2.24) is 14.7 Å². The van der Waals surface area contributed by atoms with E-state index in [4.69, 9.17) is 17.3 Å². The number of aromatic nitrogens is 2. The molecular weight excluding hydrogens is 476 g/mol. The van der Waals surface area contributed by atoms with E-state index in [1.807, 2.05) is 0 Å². The van der Waals surface area contributed by atoms with Crippen LogP contribution in [0.3, 0.4) is 0 Å². The lowest BCUT2D eigenvalue weighted by molar-refractivity contribution is -0.384. The Bertz CT molecular complexity index is 1390. The Morgan fingerprint density at radius 3 is 2.71 bits per heavy atom. The summed E-state index contributed by atoms with van der Waals surface area (Å²) in [5.74, 6) is -1.43. The van der Waals surface area contributed by atoms with Gasteiger partial charge in [-0.1, -0.05) is 17.7 Å². The fraction of sp³-hybridized carbons (Fsp3) is 0.304. The lowest BCUT2D eigenvalue weighted by Crippen LogP contribution is -2.51. The number of nitro groups is 1. The molecule has 3 aromatic rings. The Kier molecular flexibility index (Phi) is 5.64. The molecule has 2 heterocycles. The molecule has 1 saturated carbocycles. The number of piperidine rings is 1. The van der Waals surface area contributed by atoms with Crippen LogP contribution in [-0.2, 0) is 16.1 Å². The Balaban J connectivity index is 1.43. The number of hydrogen-bond donors (Lipinski definition) is 2. The number of nitro benzene ring substituents is 1. The van der Waals surface area contributed by atoms with E-state index in [2.05, 4.69) is 10.4 Å². The number of carbonyl (C=O) groups is 3. The largest absolute Gasteiger partial charge is 0.364 e. The number of non-ortho nitro benzene ring substituents is 1. The number of primary amides is 1. The highest BCUT2D eigenvalue weighted by molar-refractivity contribution is 6.30. The number of anilines is 1. The van der Waals surface area contributed by atoms with Crippen LogP contribution < -0.4 is 11.1 Å². The molecule has 2 bridgehead atoms. The number of benzene rings is 2. The Morgan fingerprint density at radius 2 is 2.00 bits per heavy atom. The summed E-state index contributed by atoms with van der Waals surface area (Å²) in [6, 6.07) is 10.00. The quantitative estimate of drug-likeness (QED) is 0.395. The number of nitrogens with zero attached hydrogens (tertiary/aromatic N) is 4. The summed E-state index contributed by atoms with van der Waals surface area (Å²) < 4.78 is 1.30. The molecule has 2 fully saturated rings. The Hall–Kier alpha value is -3.99. The smallest absolute Gasteiger partial charge is 0.270 e. The second kappa shape index (κ2) is 8.66. The van der Waals surface area contributed by atoms with Crippen LogP contribution in [0.15, 0.2) is 42.5 Å². The van der Waals surface area contributed by atoms with Gasteiger partial charge in [-0.3, -0.25) is 29.2 Å². The normalized spacial score (nSPS) is 20.8. The van der Waals surface area contributed by atoms with Gasteiger partial charge in [0.15, 0.2) is 5.69 Å². The number of hydrogen-bond acceptors (Lipinski definition) is 6. The molecule has 0 radical (unpaired) electrons. The number of rotatable bonds is 6. The van der Waals surface area contributed by atoms with Crippen LogP contribution in [0.25, 0.3) is 10.9 Å². The minimum atomic E-state index is -0.860. The van der Waals surface area contributed by atoms with Gasteiger partial charge in [-0.2, -0.15) is 5.10 Å². The van der Waals surface area contributed by atoms with E-state index in [9.17, 15) is 24.5 Å². The van der Waals surface area contributed by atoms with E-state index >= 15 is 0 Å². The van der Waals surface area contributed by atoms with E-state index in [1.165, 1.54) is 22.9 Å². The monoisotopic (exact) mass is 496 g/mol. The summed E-state index contributed by atoms with van der Waals surface area (Å²) in [5, 5.41) is 18.9. The summed E-state index contributed by atoms with van der Waals surface area (Å²) in [5.41, 5.74) is 5.95. The molecule has 12 heteroatoms. The average molecular weight is 497 g/mol. The summed E-state index contributed by atoms with van der Waals surface area (Å²) >= 11 is 6.02. The maximum absolute atomic E-state index is 13.5. The summed E-state index contributed by atoms with van der Waals surface area (Å²) in [7, 11) is 0. The minimum Gasteiger partial charge on any atom is -0.364 e. The van der Waals surface area contributed by atoms with Crippen LogP contribution in [-0.4, -0.2) is 49.4 Å². The first-order chi connectivity index (χ1) is 16.7. The molecule has 1 saturated heterocycles. The number of nitrogens with two attached hydrogens (primary N) is 1. The summed E-state index contributed by atoms with van der Waals surface area (Å²) in [4.78, 5) is 50.8. The third-order valence-electron chi connectivity index (χ3n) is 6.70. The first kappa shape index (κ1) is 22.8. The van der Waals surface area contributed by atoms with Crippen LogP contribution >= 0.6 is 11.6 Å². The number of halogens is 1. The highest BCUT2D eigenvalue weighted by atomic mass is 35.5. The number of amides is 3. The zero-order valence-electron chi connectivity index (χ0n) is 18.4. The SMILES string of the molecule is NC(=O)c1nn(CC(=O)N2[C@@H]3CC[C@@H](C3)[C@H]2C(=O)Nc2cccc(Cl)c2)c2ccc([N+](=O)[O-])cc12. The Morgan fingerprint density at radius 1 is 1.20 bits per heavy atom. The second-order valence-electron chi connectivity index (χ2n) is 8.80. The van der Waals surface area contributed by atoms with Crippen molar-refractivity contribution in [2.45, 2.75) is 37.9 Å². The van der Waals surface area contributed by atoms with E-state index in [0.29, 0.717) is 16.2 Å². The van der Waals surface area contributed by atoms with Gasteiger partial charge in [0, 0.05) is 34.3 Å². The van der Waals surface area contributed by atoms with Crippen molar-refractivity contribution in [3.63, 3.8) is 0 Å². The van der Waals surface area contributed by atoms with Crippen LogP contribution in [0, 0.1) is 16.0 Å². The van der Waals surface area contributed by atoms with Gasteiger partial charge in [0.05, 0.1) is 10.4 Å². The third-order valence-corrected chi connectivity index (χ3v) is 6.93. The van der Waals surface area contributed by atoms with Crippen LogP contribution in [0.1, 0.15) is 29.8 Å². The van der Waals surface area contributed by atoms with Gasteiger partial charge in [0.1, 0.15) is 12.6 Å². The molecule has 180 valence electrons. The van der Waals surface area contributed by atoms with Crippen molar-refractivity contribution in [2.75, 3.05) is 5.32 Å². The number of carbonyl (C=O) groups excluding carboxylic acids is 3. The molecule has 0 unspecified atom stereocenters. The Labute approximate surface area is 204 Å². The average Bonchev–Trinajstić information content (AvgIpc) is 3.52. The van der Waals surface area contributed by atoms with E-state index < -0.39 is 16.9 Å². The number of fused-ring (bicyclic) bond motifs is 3.